The standard InChI is InChI=1S/C20H19FN6O/c1-11-6-13(14-8-23-25-19(14)24-11)17-16-9-28-20(2,3)10-27(16)26-18(17)15-5-4-12(21)7-22-15/h4-8H,9-10H2,1-3H3,(H,23,24,25). The molecule has 0 atom stereocenters. The molecule has 1 N–H and O–H groups in total. The largest absolute Gasteiger partial charge is 0.367 e. The van der Waals surface area contributed by atoms with Crippen molar-refractivity contribution in [3.63, 3.8) is 0 Å². The number of hydrogen-bond donors (Lipinski definition) is 1. The number of aromatic nitrogens is 6. The van der Waals surface area contributed by atoms with Crippen LogP contribution in [0.15, 0.2) is 30.6 Å². The first kappa shape index (κ1) is 17.0. The molecule has 0 aromatic carbocycles. The summed E-state index contributed by atoms with van der Waals surface area (Å²) in [6.07, 6.45) is 2.97. The summed E-state index contributed by atoms with van der Waals surface area (Å²) in [7, 11) is 0. The minimum absolute atomic E-state index is 0.317. The van der Waals surface area contributed by atoms with Gasteiger partial charge in [0.2, 0.25) is 0 Å². The third-order valence-electron chi connectivity index (χ3n) is 4.98. The van der Waals surface area contributed by atoms with Crippen molar-refractivity contribution in [1.29, 1.82) is 0 Å². The van der Waals surface area contributed by atoms with Gasteiger partial charge < -0.3 is 4.74 Å². The molecule has 0 unspecified atom stereocenters. The molecule has 142 valence electrons. The molecule has 0 saturated carbocycles. The Hall–Kier alpha value is -3.13. The Labute approximate surface area is 160 Å². The van der Waals surface area contributed by atoms with Crippen molar-refractivity contribution in [2.24, 2.45) is 0 Å². The monoisotopic (exact) mass is 378 g/mol. The van der Waals surface area contributed by atoms with Crippen molar-refractivity contribution in [2.45, 2.75) is 39.5 Å². The normalized spacial score (nSPS) is 15.7. The van der Waals surface area contributed by atoms with Crippen LogP contribution in [0.25, 0.3) is 33.5 Å². The highest BCUT2D eigenvalue weighted by Gasteiger charge is 2.32. The molecule has 4 aromatic heterocycles. The van der Waals surface area contributed by atoms with Crippen LogP contribution in [-0.4, -0.2) is 35.5 Å². The zero-order valence-corrected chi connectivity index (χ0v) is 15.8. The van der Waals surface area contributed by atoms with Gasteiger partial charge >= 0.3 is 0 Å². The number of fused-ring (bicyclic) bond motifs is 2. The molecule has 0 saturated heterocycles. The quantitative estimate of drug-likeness (QED) is 0.576. The smallest absolute Gasteiger partial charge is 0.155 e. The lowest BCUT2D eigenvalue weighted by atomic mass is 9.98. The molecule has 1 aliphatic rings. The predicted octanol–water partition coefficient (Wildman–Crippen LogP) is 3.64. The molecular weight excluding hydrogens is 359 g/mol. The van der Waals surface area contributed by atoms with Crippen molar-refractivity contribution < 1.29 is 9.13 Å². The van der Waals surface area contributed by atoms with Crippen LogP contribution in [0.4, 0.5) is 4.39 Å². The first-order valence-electron chi connectivity index (χ1n) is 9.08. The summed E-state index contributed by atoms with van der Waals surface area (Å²) in [5.74, 6) is -0.379. The first-order chi connectivity index (χ1) is 13.4. The third kappa shape index (κ3) is 2.68. The van der Waals surface area contributed by atoms with E-state index >= 15 is 0 Å². The topological polar surface area (TPSA) is 81.5 Å². The van der Waals surface area contributed by atoms with E-state index in [0.717, 1.165) is 27.9 Å². The van der Waals surface area contributed by atoms with Crippen LogP contribution in [0, 0.1) is 12.7 Å². The van der Waals surface area contributed by atoms with Gasteiger partial charge in [-0.3, -0.25) is 14.8 Å². The summed E-state index contributed by atoms with van der Waals surface area (Å²) < 4.78 is 21.5. The van der Waals surface area contributed by atoms with E-state index < -0.39 is 0 Å². The van der Waals surface area contributed by atoms with Gasteiger partial charge in [-0.15, -0.1) is 0 Å². The van der Waals surface area contributed by atoms with Gasteiger partial charge in [-0.2, -0.15) is 10.2 Å². The Balaban J connectivity index is 1.81. The maximum Gasteiger partial charge on any atom is 0.155 e. The maximum atomic E-state index is 13.4. The van der Waals surface area contributed by atoms with E-state index in [-0.39, 0.29) is 11.4 Å². The molecule has 0 bridgehead atoms. The van der Waals surface area contributed by atoms with Crippen LogP contribution < -0.4 is 0 Å². The fourth-order valence-corrected chi connectivity index (χ4v) is 3.69. The summed E-state index contributed by atoms with van der Waals surface area (Å²) >= 11 is 0. The number of pyridine rings is 2. The Kier molecular flexibility index (Phi) is 3.60. The lowest BCUT2D eigenvalue weighted by molar-refractivity contribution is -0.0657. The van der Waals surface area contributed by atoms with Gasteiger partial charge in [0.1, 0.15) is 11.5 Å². The molecule has 8 heteroatoms. The van der Waals surface area contributed by atoms with Gasteiger partial charge in [0.15, 0.2) is 5.65 Å². The number of nitrogens with one attached hydrogen (secondary N) is 1. The van der Waals surface area contributed by atoms with Crippen molar-refractivity contribution in [2.75, 3.05) is 0 Å². The number of nitrogens with zero attached hydrogens (tertiary/aromatic N) is 5. The Bertz CT molecular complexity index is 1190. The molecule has 28 heavy (non-hydrogen) atoms. The van der Waals surface area contributed by atoms with Gasteiger partial charge in [-0.1, -0.05) is 0 Å². The fraction of sp³-hybridized carbons (Fsp3) is 0.300. The van der Waals surface area contributed by atoms with Crippen LogP contribution in [-0.2, 0) is 17.9 Å². The molecule has 0 amide bonds. The number of H-pyrrole nitrogens is 1. The first-order valence-corrected chi connectivity index (χ1v) is 9.08. The molecule has 0 fully saturated rings. The SMILES string of the molecule is Cc1cc(-c2c(-c3ccc(F)cn3)nn3c2COC(C)(C)C3)c2cn[nH]c2n1. The Morgan fingerprint density at radius 1 is 1.25 bits per heavy atom. The maximum absolute atomic E-state index is 13.4. The van der Waals surface area contributed by atoms with E-state index in [1.807, 2.05) is 31.5 Å². The average molecular weight is 378 g/mol. The molecule has 0 radical (unpaired) electrons. The minimum Gasteiger partial charge on any atom is -0.367 e. The zero-order chi connectivity index (χ0) is 19.5. The van der Waals surface area contributed by atoms with E-state index in [0.29, 0.717) is 30.2 Å². The number of ether oxygens (including phenoxy) is 1. The lowest BCUT2D eigenvalue weighted by Gasteiger charge is -2.31. The molecule has 5 rings (SSSR count). The summed E-state index contributed by atoms with van der Waals surface area (Å²) in [5, 5.41) is 12.8. The van der Waals surface area contributed by atoms with Gasteiger partial charge in [0.25, 0.3) is 0 Å². The van der Waals surface area contributed by atoms with Crippen LogP contribution in [0.3, 0.4) is 0 Å². The van der Waals surface area contributed by atoms with Crippen molar-refractivity contribution in [3.8, 4) is 22.5 Å². The highest BCUT2D eigenvalue weighted by Crippen LogP contribution is 2.40. The van der Waals surface area contributed by atoms with E-state index in [1.54, 1.807) is 12.3 Å². The molecule has 4 aromatic rings. The zero-order valence-electron chi connectivity index (χ0n) is 15.8. The lowest BCUT2D eigenvalue weighted by Crippen LogP contribution is -2.36. The minimum atomic E-state index is -0.379. The summed E-state index contributed by atoms with van der Waals surface area (Å²) in [4.78, 5) is 8.79. The van der Waals surface area contributed by atoms with Crippen molar-refractivity contribution >= 4 is 11.0 Å². The summed E-state index contributed by atoms with van der Waals surface area (Å²) in [5.41, 5.74) is 5.42. The number of aromatic amines is 1. The number of rotatable bonds is 2. The molecule has 0 spiro atoms. The van der Waals surface area contributed by atoms with Crippen LogP contribution in [0.2, 0.25) is 0 Å². The summed E-state index contributed by atoms with van der Waals surface area (Å²) in [6, 6.07) is 5.07. The molecule has 1 aliphatic heterocycles. The summed E-state index contributed by atoms with van der Waals surface area (Å²) in [6.45, 7) is 7.07. The Morgan fingerprint density at radius 3 is 2.89 bits per heavy atom. The second-order valence-electron chi connectivity index (χ2n) is 7.68. The highest BCUT2D eigenvalue weighted by molar-refractivity contribution is 5.97. The van der Waals surface area contributed by atoms with E-state index in [4.69, 9.17) is 9.84 Å². The van der Waals surface area contributed by atoms with Gasteiger partial charge in [0, 0.05) is 22.2 Å². The number of hydrogen-bond acceptors (Lipinski definition) is 5. The van der Waals surface area contributed by atoms with Crippen LogP contribution in [0.1, 0.15) is 25.2 Å². The number of halogens is 1. The number of aryl methyl sites for hydroxylation is 1. The van der Waals surface area contributed by atoms with E-state index in [2.05, 4.69) is 20.2 Å². The third-order valence-corrected chi connectivity index (χ3v) is 4.98. The second kappa shape index (κ2) is 5.93. The molecule has 7 nitrogen and oxygen atoms in total. The van der Waals surface area contributed by atoms with E-state index in [1.165, 1.54) is 12.3 Å². The Morgan fingerprint density at radius 2 is 2.11 bits per heavy atom. The molecule has 0 aliphatic carbocycles. The predicted molar refractivity (Wildman–Crippen MR) is 102 cm³/mol. The van der Waals surface area contributed by atoms with Crippen LogP contribution >= 0.6 is 0 Å². The van der Waals surface area contributed by atoms with E-state index in [9.17, 15) is 4.39 Å². The highest BCUT2D eigenvalue weighted by atomic mass is 19.1. The molecule has 5 heterocycles. The van der Waals surface area contributed by atoms with Gasteiger partial charge in [-0.25, -0.2) is 9.37 Å². The van der Waals surface area contributed by atoms with Crippen molar-refractivity contribution in [1.82, 2.24) is 29.9 Å². The fourth-order valence-electron chi connectivity index (χ4n) is 3.69. The van der Waals surface area contributed by atoms with Gasteiger partial charge in [0.05, 0.1) is 42.5 Å². The van der Waals surface area contributed by atoms with Crippen LogP contribution in [0.5, 0.6) is 0 Å². The van der Waals surface area contributed by atoms with Gasteiger partial charge in [-0.05, 0) is 39.0 Å². The second-order valence-corrected chi connectivity index (χ2v) is 7.68. The molecular formula is C20H19FN6O. The average Bonchev–Trinajstić information content (AvgIpc) is 3.24. The van der Waals surface area contributed by atoms with Crippen molar-refractivity contribution in [3.05, 3.63) is 47.8 Å².